The molecule has 1 aromatic heterocycles. The van der Waals surface area contributed by atoms with Gasteiger partial charge in [-0.25, -0.2) is 0 Å². The van der Waals surface area contributed by atoms with E-state index >= 15 is 0 Å². The molecule has 12 nitrogen and oxygen atoms in total. The Kier molecular flexibility index (Phi) is 9.58. The van der Waals surface area contributed by atoms with Gasteiger partial charge in [0.1, 0.15) is 38.0 Å². The Balaban J connectivity index is 0.906. The molecule has 4 aromatic rings. The maximum atomic E-state index is 6.57. The SMILES string of the molecule is CCC(C)N1CN(c2ccc(N3CCN(c4ccc(OC[C@@H]5CO[C@@](Cn6ncnn6)(c6ccc(Cl)cc6Cl)O5)cc4)CC3)cc2)C=N1. The maximum Gasteiger partial charge on any atom is 0.219 e. The monoisotopic (exact) mass is 691 g/mol. The highest BCUT2D eigenvalue weighted by Gasteiger charge is 2.46. The fourth-order valence-electron chi connectivity index (χ4n) is 6.19. The summed E-state index contributed by atoms with van der Waals surface area (Å²) in [7, 11) is 0. The van der Waals surface area contributed by atoms with Gasteiger partial charge < -0.3 is 28.9 Å². The van der Waals surface area contributed by atoms with Crippen molar-refractivity contribution in [1.82, 2.24) is 25.2 Å². The van der Waals surface area contributed by atoms with Gasteiger partial charge in [-0.1, -0.05) is 36.2 Å². The van der Waals surface area contributed by atoms with Gasteiger partial charge in [-0.15, -0.1) is 10.2 Å². The zero-order chi connectivity index (χ0) is 33.1. The number of benzene rings is 3. The smallest absolute Gasteiger partial charge is 0.219 e. The zero-order valence-corrected chi connectivity index (χ0v) is 28.5. The molecule has 3 aromatic carbocycles. The molecule has 3 aliphatic heterocycles. The van der Waals surface area contributed by atoms with Crippen molar-refractivity contribution in [2.75, 3.05) is 60.8 Å². The third kappa shape index (κ3) is 7.02. The van der Waals surface area contributed by atoms with Crippen molar-refractivity contribution in [3.63, 3.8) is 0 Å². The molecule has 3 atom stereocenters. The van der Waals surface area contributed by atoms with E-state index in [2.05, 4.69) is 90.5 Å². The number of anilines is 3. The van der Waals surface area contributed by atoms with Crippen LogP contribution in [0.1, 0.15) is 25.8 Å². The topological polar surface area (TPSA) is 96.6 Å². The summed E-state index contributed by atoms with van der Waals surface area (Å²) < 4.78 is 18.8. The molecule has 0 aliphatic carbocycles. The van der Waals surface area contributed by atoms with Crippen LogP contribution in [0, 0.1) is 0 Å². The van der Waals surface area contributed by atoms with E-state index in [1.54, 1.807) is 18.2 Å². The number of hydrazone groups is 1. The Morgan fingerprint density at radius 3 is 2.27 bits per heavy atom. The average molecular weight is 693 g/mol. The number of piperazine rings is 1. The Hall–Kier alpha value is -4.10. The fraction of sp³-hybridized carbons (Fsp3) is 0.412. The molecule has 0 amide bonds. The summed E-state index contributed by atoms with van der Waals surface area (Å²) in [6, 6.07) is 22.7. The number of nitrogens with zero attached hydrogens (tertiary/aromatic N) is 9. The summed E-state index contributed by atoms with van der Waals surface area (Å²) in [5.74, 6) is -0.446. The summed E-state index contributed by atoms with van der Waals surface area (Å²) >= 11 is 12.7. The van der Waals surface area contributed by atoms with Gasteiger partial charge in [0.2, 0.25) is 5.79 Å². The van der Waals surface area contributed by atoms with Crippen molar-refractivity contribution < 1.29 is 14.2 Å². The Morgan fingerprint density at radius 2 is 1.62 bits per heavy atom. The molecule has 0 bridgehead atoms. The largest absolute Gasteiger partial charge is 0.491 e. The summed E-state index contributed by atoms with van der Waals surface area (Å²) in [5, 5.41) is 19.6. The minimum atomic E-state index is -1.21. The van der Waals surface area contributed by atoms with Gasteiger partial charge in [-0.2, -0.15) is 9.90 Å². The summed E-state index contributed by atoms with van der Waals surface area (Å²) in [6.07, 6.45) is 4.03. The van der Waals surface area contributed by atoms with Gasteiger partial charge in [0.25, 0.3) is 0 Å². The van der Waals surface area contributed by atoms with Gasteiger partial charge in [-0.3, -0.25) is 5.01 Å². The molecule has 0 N–H and O–H groups in total. The molecule has 3 aliphatic rings. The predicted molar refractivity (Wildman–Crippen MR) is 187 cm³/mol. The molecule has 7 rings (SSSR count). The summed E-state index contributed by atoms with van der Waals surface area (Å²) in [4.78, 5) is 8.46. The lowest BCUT2D eigenvalue weighted by atomic mass is 10.1. The van der Waals surface area contributed by atoms with Crippen LogP contribution >= 0.6 is 23.2 Å². The molecular formula is C34H39Cl2N9O3. The van der Waals surface area contributed by atoms with Gasteiger partial charge in [0.15, 0.2) is 6.33 Å². The van der Waals surface area contributed by atoms with Crippen molar-refractivity contribution in [2.24, 2.45) is 5.10 Å². The zero-order valence-electron chi connectivity index (χ0n) is 27.0. The van der Waals surface area contributed by atoms with Crippen LogP contribution in [0.4, 0.5) is 17.1 Å². The van der Waals surface area contributed by atoms with Crippen molar-refractivity contribution >= 4 is 46.6 Å². The first-order valence-corrected chi connectivity index (χ1v) is 17.0. The number of halogens is 2. The molecule has 0 spiro atoms. The molecule has 14 heteroatoms. The van der Waals surface area contributed by atoms with E-state index in [0.717, 1.165) is 50.7 Å². The second-order valence-corrected chi connectivity index (χ2v) is 13.1. The van der Waals surface area contributed by atoms with Crippen LogP contribution in [-0.2, 0) is 21.8 Å². The molecular weight excluding hydrogens is 653 g/mol. The molecule has 252 valence electrons. The number of hydrogen-bond acceptors (Lipinski definition) is 11. The van der Waals surface area contributed by atoms with Crippen LogP contribution in [0.25, 0.3) is 0 Å². The highest BCUT2D eigenvalue weighted by Crippen LogP contribution is 2.40. The highest BCUT2D eigenvalue weighted by atomic mass is 35.5. The number of aromatic nitrogens is 4. The van der Waals surface area contributed by atoms with Gasteiger partial charge in [0, 0.05) is 59.9 Å². The van der Waals surface area contributed by atoms with E-state index in [9.17, 15) is 0 Å². The second-order valence-electron chi connectivity index (χ2n) is 12.2. The molecule has 2 fully saturated rings. The lowest BCUT2D eigenvalue weighted by Gasteiger charge is -2.37. The van der Waals surface area contributed by atoms with Crippen LogP contribution < -0.4 is 19.4 Å². The van der Waals surface area contributed by atoms with E-state index in [1.807, 2.05) is 18.5 Å². The minimum absolute atomic E-state index is 0.170. The van der Waals surface area contributed by atoms with Crippen LogP contribution in [0.3, 0.4) is 0 Å². The van der Waals surface area contributed by atoms with Crippen molar-refractivity contribution in [2.45, 2.75) is 44.7 Å². The first-order chi connectivity index (χ1) is 23.4. The first-order valence-electron chi connectivity index (χ1n) is 16.3. The number of tetrazole rings is 1. The Bertz CT molecular complexity index is 1690. The number of ether oxygens (including phenoxy) is 3. The van der Waals surface area contributed by atoms with E-state index < -0.39 is 5.79 Å². The highest BCUT2D eigenvalue weighted by molar-refractivity contribution is 6.35. The van der Waals surface area contributed by atoms with E-state index in [-0.39, 0.29) is 12.6 Å². The number of rotatable bonds is 11. The standard InChI is InChI=1S/C34H39Cl2N9O3/c1-3-25(2)44-24-43(23-39-44)29-7-5-27(6-8-29)41-14-16-42(17-15-41)28-9-11-30(12-10-28)46-19-31-20-47-34(48-31,21-45-38-22-37-40-45)32-13-4-26(35)18-33(32)36/h4-13,18,22-23,25,31H,3,14-17,19-21,24H2,1-2H3/t25?,31-,34-/m1/s1. The molecule has 1 unspecified atom stereocenters. The van der Waals surface area contributed by atoms with Crippen molar-refractivity contribution in [3.05, 3.63) is 88.7 Å². The van der Waals surface area contributed by atoms with Crippen LogP contribution in [-0.4, -0.2) is 89.8 Å². The Morgan fingerprint density at radius 1 is 0.938 bits per heavy atom. The first kappa shape index (κ1) is 32.4. The van der Waals surface area contributed by atoms with E-state index in [0.29, 0.717) is 34.9 Å². The third-order valence-corrected chi connectivity index (χ3v) is 9.69. The minimum Gasteiger partial charge on any atom is -0.491 e. The summed E-state index contributed by atoms with van der Waals surface area (Å²) in [5.41, 5.74) is 4.22. The molecule has 0 saturated carbocycles. The van der Waals surface area contributed by atoms with Gasteiger partial charge >= 0.3 is 0 Å². The van der Waals surface area contributed by atoms with Crippen molar-refractivity contribution in [3.8, 4) is 5.75 Å². The van der Waals surface area contributed by atoms with Gasteiger partial charge in [0.05, 0.1) is 11.6 Å². The Labute approximate surface area is 290 Å². The lowest BCUT2D eigenvalue weighted by Crippen LogP contribution is -2.46. The van der Waals surface area contributed by atoms with Crippen LogP contribution in [0.2, 0.25) is 10.0 Å². The predicted octanol–water partition coefficient (Wildman–Crippen LogP) is 5.48. The van der Waals surface area contributed by atoms with Crippen LogP contribution in [0.15, 0.2) is 78.2 Å². The van der Waals surface area contributed by atoms with E-state index in [1.165, 1.54) is 22.5 Å². The summed E-state index contributed by atoms with van der Waals surface area (Å²) in [6.45, 7) is 9.75. The second kappa shape index (κ2) is 14.2. The van der Waals surface area contributed by atoms with Crippen LogP contribution in [0.5, 0.6) is 5.75 Å². The average Bonchev–Trinajstić information content (AvgIpc) is 3.90. The fourth-order valence-corrected chi connectivity index (χ4v) is 6.74. The van der Waals surface area contributed by atoms with E-state index in [4.69, 9.17) is 37.4 Å². The third-order valence-electron chi connectivity index (χ3n) is 9.14. The quantitative estimate of drug-likeness (QED) is 0.201. The molecule has 4 heterocycles. The normalized spacial score (nSPS) is 21.7. The number of hydrogen-bond donors (Lipinski definition) is 0. The van der Waals surface area contributed by atoms with Gasteiger partial charge in [-0.05, 0) is 79.2 Å². The molecule has 48 heavy (non-hydrogen) atoms. The maximum absolute atomic E-state index is 6.57. The molecule has 0 radical (unpaired) electrons. The lowest BCUT2D eigenvalue weighted by molar-refractivity contribution is -0.192. The molecule has 2 saturated heterocycles. The van der Waals surface area contributed by atoms with Crippen molar-refractivity contribution in [1.29, 1.82) is 0 Å².